The molecule has 0 radical (unpaired) electrons. The lowest BCUT2D eigenvalue weighted by atomic mass is 10.1. The van der Waals surface area contributed by atoms with Crippen molar-refractivity contribution in [1.82, 2.24) is 15.1 Å². The highest BCUT2D eigenvalue weighted by atomic mass is 32.2. The second-order valence-electron chi connectivity index (χ2n) is 4.41. The van der Waals surface area contributed by atoms with Crippen LogP contribution in [0, 0.1) is 5.92 Å². The molecule has 0 aromatic carbocycles. The van der Waals surface area contributed by atoms with Gasteiger partial charge >= 0.3 is 0 Å². The van der Waals surface area contributed by atoms with Gasteiger partial charge in [0.15, 0.2) is 5.17 Å². The molecule has 2 heterocycles. The lowest BCUT2D eigenvalue weighted by Gasteiger charge is -2.12. The third kappa shape index (κ3) is 2.78. The van der Waals surface area contributed by atoms with E-state index in [-0.39, 0.29) is 0 Å². The number of aliphatic imine (C=N–C) groups is 1. The molecule has 0 amide bonds. The molecule has 5 heteroatoms. The Morgan fingerprint density at radius 2 is 2.50 bits per heavy atom. The van der Waals surface area contributed by atoms with E-state index in [0.717, 1.165) is 16.6 Å². The van der Waals surface area contributed by atoms with E-state index in [2.05, 4.69) is 29.3 Å². The number of nitrogens with one attached hydrogen (secondary N) is 1. The van der Waals surface area contributed by atoms with Crippen molar-refractivity contribution in [2.75, 3.05) is 5.75 Å². The summed E-state index contributed by atoms with van der Waals surface area (Å²) in [5.41, 5.74) is 1.02. The molecule has 0 spiro atoms. The fourth-order valence-electron chi connectivity index (χ4n) is 1.56. The van der Waals surface area contributed by atoms with Crippen LogP contribution in [0.5, 0.6) is 0 Å². The van der Waals surface area contributed by atoms with Crippen molar-refractivity contribution in [3.8, 4) is 0 Å². The van der Waals surface area contributed by atoms with Gasteiger partial charge in [-0.3, -0.25) is 9.67 Å². The van der Waals surface area contributed by atoms with Crippen molar-refractivity contribution >= 4 is 16.9 Å². The van der Waals surface area contributed by atoms with Crippen LogP contribution in [-0.4, -0.2) is 26.7 Å². The maximum atomic E-state index is 4.53. The van der Waals surface area contributed by atoms with E-state index in [4.69, 9.17) is 0 Å². The molecule has 1 atom stereocenters. The van der Waals surface area contributed by atoms with Crippen molar-refractivity contribution in [3.05, 3.63) is 18.0 Å². The average Bonchev–Trinajstić information content (AvgIpc) is 2.83. The Bertz CT molecular complexity index is 383. The minimum absolute atomic E-state index is 0.562. The zero-order valence-electron chi connectivity index (χ0n) is 9.97. The fourth-order valence-corrected chi connectivity index (χ4v) is 2.76. The first-order valence-electron chi connectivity index (χ1n) is 5.57. The molecule has 2 rings (SSSR count). The normalized spacial score (nSPS) is 23.0. The largest absolute Gasteiger partial charge is 0.361 e. The summed E-state index contributed by atoms with van der Waals surface area (Å²) in [6, 6.07) is 2.57. The van der Waals surface area contributed by atoms with Gasteiger partial charge in [-0.2, -0.15) is 5.10 Å². The molecule has 1 aromatic rings. The summed E-state index contributed by atoms with van der Waals surface area (Å²) in [7, 11) is 1.92. The summed E-state index contributed by atoms with van der Waals surface area (Å²) in [5.74, 6) is 1.79. The Labute approximate surface area is 101 Å². The number of amidine groups is 1. The first-order chi connectivity index (χ1) is 7.65. The van der Waals surface area contributed by atoms with Gasteiger partial charge in [-0.05, 0) is 12.0 Å². The van der Waals surface area contributed by atoms with E-state index in [1.165, 1.54) is 0 Å². The highest BCUT2D eigenvalue weighted by Gasteiger charge is 2.22. The summed E-state index contributed by atoms with van der Waals surface area (Å²) in [5, 5.41) is 8.80. The topological polar surface area (TPSA) is 42.2 Å². The van der Waals surface area contributed by atoms with Gasteiger partial charge in [-0.25, -0.2) is 0 Å². The summed E-state index contributed by atoms with van der Waals surface area (Å²) in [6.07, 6.45) is 1.95. The van der Waals surface area contributed by atoms with Gasteiger partial charge in [-0.1, -0.05) is 25.6 Å². The highest BCUT2D eigenvalue weighted by Crippen LogP contribution is 2.19. The predicted octanol–water partition coefficient (Wildman–Crippen LogP) is 1.64. The van der Waals surface area contributed by atoms with Crippen LogP contribution in [0.4, 0.5) is 0 Å². The quantitative estimate of drug-likeness (QED) is 0.870. The molecule has 1 N–H and O–H groups in total. The Morgan fingerprint density at radius 3 is 3.06 bits per heavy atom. The Kier molecular flexibility index (Phi) is 3.53. The fraction of sp³-hybridized carbons (Fsp3) is 0.636. The highest BCUT2D eigenvalue weighted by molar-refractivity contribution is 8.14. The molecule has 0 saturated carbocycles. The van der Waals surface area contributed by atoms with E-state index in [0.29, 0.717) is 18.5 Å². The number of aromatic nitrogens is 2. The molecule has 1 fully saturated rings. The van der Waals surface area contributed by atoms with Crippen LogP contribution in [0.25, 0.3) is 0 Å². The number of hydrogen-bond donors (Lipinski definition) is 1. The molecule has 16 heavy (non-hydrogen) atoms. The van der Waals surface area contributed by atoms with Gasteiger partial charge in [-0.15, -0.1) is 0 Å². The maximum Gasteiger partial charge on any atom is 0.157 e. The number of rotatable bonds is 3. The van der Waals surface area contributed by atoms with Crippen molar-refractivity contribution in [3.63, 3.8) is 0 Å². The molecule has 88 valence electrons. The van der Waals surface area contributed by atoms with E-state index >= 15 is 0 Å². The van der Waals surface area contributed by atoms with Gasteiger partial charge in [0, 0.05) is 25.0 Å². The summed E-state index contributed by atoms with van der Waals surface area (Å²) >= 11 is 1.81. The molecule has 1 aliphatic heterocycles. The van der Waals surface area contributed by atoms with Crippen molar-refractivity contribution in [2.24, 2.45) is 18.0 Å². The molecular weight excluding hydrogens is 220 g/mol. The third-order valence-corrected chi connectivity index (χ3v) is 3.71. The second-order valence-corrected chi connectivity index (χ2v) is 5.42. The molecule has 0 unspecified atom stereocenters. The first-order valence-corrected chi connectivity index (χ1v) is 6.56. The standard InChI is InChI=1S/C11H18N4S/c1-8(2)10-7-16-11(13-10)12-6-9-4-5-15(3)14-9/h4-5,8,10H,6-7H2,1-3H3,(H,12,13)/t10-/m1/s1. The Hall–Kier alpha value is -0.970. The summed E-state index contributed by atoms with van der Waals surface area (Å²) in [6.45, 7) is 5.14. The molecule has 1 aromatic heterocycles. The number of nitrogens with zero attached hydrogens (tertiary/aromatic N) is 3. The SMILES string of the molecule is CC(C)[C@H]1CSC(=NCc2ccn(C)n2)N1. The van der Waals surface area contributed by atoms with Gasteiger partial charge in [0.05, 0.1) is 12.2 Å². The zero-order chi connectivity index (χ0) is 11.5. The van der Waals surface area contributed by atoms with E-state index in [1.54, 1.807) is 0 Å². The van der Waals surface area contributed by atoms with Crippen LogP contribution < -0.4 is 5.32 Å². The van der Waals surface area contributed by atoms with Gasteiger partial charge in [0.25, 0.3) is 0 Å². The van der Waals surface area contributed by atoms with Gasteiger partial charge < -0.3 is 5.32 Å². The lowest BCUT2D eigenvalue weighted by molar-refractivity contribution is 0.503. The van der Waals surface area contributed by atoms with E-state index in [9.17, 15) is 0 Å². The monoisotopic (exact) mass is 238 g/mol. The van der Waals surface area contributed by atoms with Crippen LogP contribution in [0.15, 0.2) is 17.3 Å². The minimum atomic E-state index is 0.562. The smallest absolute Gasteiger partial charge is 0.157 e. The number of aryl methyl sites for hydroxylation is 1. The van der Waals surface area contributed by atoms with E-state index < -0.39 is 0 Å². The van der Waals surface area contributed by atoms with Crippen molar-refractivity contribution < 1.29 is 0 Å². The molecular formula is C11H18N4S. The first kappa shape index (κ1) is 11.5. The number of hydrogen-bond acceptors (Lipinski definition) is 3. The molecule has 0 aliphatic carbocycles. The average molecular weight is 238 g/mol. The Morgan fingerprint density at radius 1 is 1.69 bits per heavy atom. The van der Waals surface area contributed by atoms with Crippen LogP contribution in [0.1, 0.15) is 19.5 Å². The molecule has 1 saturated heterocycles. The minimum Gasteiger partial charge on any atom is -0.361 e. The summed E-state index contributed by atoms with van der Waals surface area (Å²) < 4.78 is 1.81. The molecule has 4 nitrogen and oxygen atoms in total. The maximum absolute atomic E-state index is 4.53. The van der Waals surface area contributed by atoms with Crippen molar-refractivity contribution in [1.29, 1.82) is 0 Å². The van der Waals surface area contributed by atoms with Gasteiger partial charge in [0.2, 0.25) is 0 Å². The lowest BCUT2D eigenvalue weighted by Crippen LogP contribution is -2.31. The van der Waals surface area contributed by atoms with Crippen LogP contribution in [0.3, 0.4) is 0 Å². The zero-order valence-corrected chi connectivity index (χ0v) is 10.8. The number of thioether (sulfide) groups is 1. The second kappa shape index (κ2) is 4.91. The van der Waals surface area contributed by atoms with Crippen LogP contribution >= 0.6 is 11.8 Å². The third-order valence-electron chi connectivity index (χ3n) is 2.67. The molecule has 0 bridgehead atoms. The Balaban J connectivity index is 1.90. The van der Waals surface area contributed by atoms with Crippen LogP contribution in [0.2, 0.25) is 0 Å². The van der Waals surface area contributed by atoms with Gasteiger partial charge in [0.1, 0.15) is 0 Å². The molecule has 1 aliphatic rings. The predicted molar refractivity (Wildman–Crippen MR) is 68.6 cm³/mol. The summed E-state index contributed by atoms with van der Waals surface area (Å²) in [4.78, 5) is 4.53. The van der Waals surface area contributed by atoms with Crippen LogP contribution in [-0.2, 0) is 13.6 Å². The van der Waals surface area contributed by atoms with E-state index in [1.807, 2.05) is 35.8 Å². The van der Waals surface area contributed by atoms with Crippen molar-refractivity contribution in [2.45, 2.75) is 26.4 Å².